The van der Waals surface area contributed by atoms with Gasteiger partial charge in [0.1, 0.15) is 12.4 Å². The third kappa shape index (κ3) is 3.30. The Morgan fingerprint density at radius 3 is 2.20 bits per heavy atom. The standard InChI is InChI=1S/C18H12FNO5/c19-12-5-3-4-11(8-12)15(21)10-25-16(22)9-20-17(23)13-6-1-2-7-14(13)18(20)24/h1-8H,9-10H2. The Balaban J connectivity index is 1.60. The third-order valence-electron chi connectivity index (χ3n) is 3.68. The van der Waals surface area contributed by atoms with E-state index in [4.69, 9.17) is 4.74 Å². The Bertz CT molecular complexity index is 858. The molecule has 1 heterocycles. The second-order valence-electron chi connectivity index (χ2n) is 5.34. The molecular formula is C18H12FNO5. The molecule has 2 aromatic rings. The number of carbonyl (C=O) groups excluding carboxylic acids is 4. The van der Waals surface area contributed by atoms with Crippen LogP contribution in [-0.2, 0) is 9.53 Å². The number of ketones is 1. The summed E-state index contributed by atoms with van der Waals surface area (Å²) in [6.07, 6.45) is 0. The number of hydrogen-bond acceptors (Lipinski definition) is 5. The van der Waals surface area contributed by atoms with Crippen molar-refractivity contribution in [2.24, 2.45) is 0 Å². The largest absolute Gasteiger partial charge is 0.456 e. The van der Waals surface area contributed by atoms with E-state index in [0.29, 0.717) is 0 Å². The van der Waals surface area contributed by atoms with E-state index in [0.717, 1.165) is 11.0 Å². The Morgan fingerprint density at radius 1 is 0.960 bits per heavy atom. The van der Waals surface area contributed by atoms with Crippen molar-refractivity contribution in [3.63, 3.8) is 0 Å². The fraction of sp³-hybridized carbons (Fsp3) is 0.111. The van der Waals surface area contributed by atoms with Gasteiger partial charge in [0.2, 0.25) is 0 Å². The number of amides is 2. The fourth-order valence-electron chi connectivity index (χ4n) is 2.45. The first-order valence-electron chi connectivity index (χ1n) is 7.37. The quantitative estimate of drug-likeness (QED) is 0.471. The first kappa shape index (κ1) is 16.5. The highest BCUT2D eigenvalue weighted by Gasteiger charge is 2.36. The number of hydrogen-bond donors (Lipinski definition) is 0. The van der Waals surface area contributed by atoms with Gasteiger partial charge in [-0.15, -0.1) is 0 Å². The molecule has 3 rings (SSSR count). The summed E-state index contributed by atoms with van der Waals surface area (Å²) in [5.41, 5.74) is 0.501. The van der Waals surface area contributed by atoms with Crippen LogP contribution in [0, 0.1) is 5.82 Å². The molecule has 0 fully saturated rings. The lowest BCUT2D eigenvalue weighted by atomic mass is 10.1. The molecular weight excluding hydrogens is 329 g/mol. The predicted molar refractivity (Wildman–Crippen MR) is 83.5 cm³/mol. The summed E-state index contributed by atoms with van der Waals surface area (Å²) in [4.78, 5) is 48.7. The van der Waals surface area contributed by atoms with Gasteiger partial charge in [-0.3, -0.25) is 24.1 Å². The molecule has 0 N–H and O–H groups in total. The maximum atomic E-state index is 13.1. The number of nitrogens with zero attached hydrogens (tertiary/aromatic N) is 1. The number of Topliss-reactive ketones (excluding diaryl/α,β-unsaturated/α-hetero) is 1. The fourth-order valence-corrected chi connectivity index (χ4v) is 2.45. The summed E-state index contributed by atoms with van der Waals surface area (Å²) in [6.45, 7) is -1.20. The van der Waals surface area contributed by atoms with Crippen LogP contribution in [0.4, 0.5) is 4.39 Å². The van der Waals surface area contributed by atoms with Gasteiger partial charge in [-0.05, 0) is 24.3 Å². The van der Waals surface area contributed by atoms with Crippen molar-refractivity contribution in [3.05, 3.63) is 71.0 Å². The van der Waals surface area contributed by atoms with Crippen LogP contribution in [0.2, 0.25) is 0 Å². The van der Waals surface area contributed by atoms with E-state index in [1.54, 1.807) is 12.1 Å². The zero-order valence-electron chi connectivity index (χ0n) is 12.9. The van der Waals surface area contributed by atoms with Crippen molar-refractivity contribution in [2.45, 2.75) is 0 Å². The van der Waals surface area contributed by atoms with Crippen LogP contribution in [-0.4, -0.2) is 41.6 Å². The molecule has 0 saturated heterocycles. The lowest BCUT2D eigenvalue weighted by Crippen LogP contribution is -2.36. The van der Waals surface area contributed by atoms with Crippen LogP contribution in [0.1, 0.15) is 31.1 Å². The van der Waals surface area contributed by atoms with Crippen LogP contribution in [0.5, 0.6) is 0 Å². The van der Waals surface area contributed by atoms with E-state index < -0.39 is 42.5 Å². The number of halogens is 1. The maximum Gasteiger partial charge on any atom is 0.326 e. The normalized spacial score (nSPS) is 12.9. The summed E-state index contributed by atoms with van der Waals surface area (Å²) < 4.78 is 17.9. The van der Waals surface area contributed by atoms with Crippen LogP contribution in [0.25, 0.3) is 0 Å². The Labute approximate surface area is 141 Å². The molecule has 0 bridgehead atoms. The van der Waals surface area contributed by atoms with Gasteiger partial charge in [-0.25, -0.2) is 4.39 Å². The van der Waals surface area contributed by atoms with Gasteiger partial charge >= 0.3 is 5.97 Å². The molecule has 2 aromatic carbocycles. The van der Waals surface area contributed by atoms with E-state index in [1.165, 1.54) is 30.3 Å². The Hall–Kier alpha value is -3.35. The Kier molecular flexibility index (Phi) is 4.38. The molecule has 0 radical (unpaired) electrons. The number of carbonyl (C=O) groups is 4. The molecule has 0 saturated carbocycles. The topological polar surface area (TPSA) is 80.8 Å². The van der Waals surface area contributed by atoms with Gasteiger partial charge < -0.3 is 4.74 Å². The number of imide groups is 1. The van der Waals surface area contributed by atoms with Crippen molar-refractivity contribution in [1.82, 2.24) is 4.90 Å². The van der Waals surface area contributed by atoms with Crippen molar-refractivity contribution < 1.29 is 28.3 Å². The van der Waals surface area contributed by atoms with Crippen molar-refractivity contribution in [2.75, 3.05) is 13.2 Å². The van der Waals surface area contributed by atoms with Crippen LogP contribution in [0.3, 0.4) is 0 Å². The highest BCUT2D eigenvalue weighted by Crippen LogP contribution is 2.22. The summed E-state index contributed by atoms with van der Waals surface area (Å²) in [7, 11) is 0. The molecule has 126 valence electrons. The highest BCUT2D eigenvalue weighted by molar-refractivity contribution is 6.22. The number of ether oxygens (including phenoxy) is 1. The zero-order chi connectivity index (χ0) is 18.0. The molecule has 6 nitrogen and oxygen atoms in total. The molecule has 0 unspecified atom stereocenters. The zero-order valence-corrected chi connectivity index (χ0v) is 12.9. The van der Waals surface area contributed by atoms with Gasteiger partial charge in [-0.2, -0.15) is 0 Å². The molecule has 0 aromatic heterocycles. The number of rotatable bonds is 5. The van der Waals surface area contributed by atoms with Crippen LogP contribution < -0.4 is 0 Å². The van der Waals surface area contributed by atoms with Gasteiger partial charge in [0.15, 0.2) is 12.4 Å². The van der Waals surface area contributed by atoms with E-state index in [9.17, 15) is 23.6 Å². The van der Waals surface area contributed by atoms with Gasteiger partial charge in [0.25, 0.3) is 11.8 Å². The molecule has 0 spiro atoms. The second-order valence-corrected chi connectivity index (χ2v) is 5.34. The average molecular weight is 341 g/mol. The summed E-state index contributed by atoms with van der Waals surface area (Å²) in [5, 5.41) is 0. The van der Waals surface area contributed by atoms with Crippen molar-refractivity contribution in [3.8, 4) is 0 Å². The molecule has 7 heteroatoms. The minimum atomic E-state index is -0.903. The third-order valence-corrected chi connectivity index (χ3v) is 3.68. The van der Waals surface area contributed by atoms with Crippen molar-refractivity contribution in [1.29, 1.82) is 0 Å². The smallest absolute Gasteiger partial charge is 0.326 e. The van der Waals surface area contributed by atoms with Gasteiger partial charge in [-0.1, -0.05) is 24.3 Å². The number of benzene rings is 2. The molecule has 0 atom stereocenters. The van der Waals surface area contributed by atoms with E-state index >= 15 is 0 Å². The maximum absolute atomic E-state index is 13.1. The van der Waals surface area contributed by atoms with Crippen LogP contribution >= 0.6 is 0 Å². The van der Waals surface area contributed by atoms with E-state index in [1.807, 2.05) is 0 Å². The molecule has 1 aliphatic heterocycles. The molecule has 25 heavy (non-hydrogen) atoms. The number of fused-ring (bicyclic) bond motifs is 1. The molecule has 1 aliphatic rings. The summed E-state index contributed by atoms with van der Waals surface area (Å²) >= 11 is 0. The Morgan fingerprint density at radius 2 is 1.60 bits per heavy atom. The van der Waals surface area contributed by atoms with Gasteiger partial charge in [0.05, 0.1) is 11.1 Å². The predicted octanol–water partition coefficient (Wildman–Crippen LogP) is 1.85. The lowest BCUT2D eigenvalue weighted by Gasteiger charge is -2.12. The van der Waals surface area contributed by atoms with Crippen molar-refractivity contribution >= 4 is 23.6 Å². The minimum Gasteiger partial charge on any atom is -0.456 e. The lowest BCUT2D eigenvalue weighted by molar-refractivity contribution is -0.142. The molecule has 0 aliphatic carbocycles. The summed E-state index contributed by atoms with van der Waals surface area (Å²) in [6, 6.07) is 11.2. The highest BCUT2D eigenvalue weighted by atomic mass is 19.1. The second kappa shape index (κ2) is 6.64. The first-order valence-corrected chi connectivity index (χ1v) is 7.37. The summed E-state index contributed by atoms with van der Waals surface area (Å²) in [5.74, 6) is -3.25. The monoisotopic (exact) mass is 341 g/mol. The first-order chi connectivity index (χ1) is 12.0. The SMILES string of the molecule is O=C(CN1C(=O)c2ccccc2C1=O)OCC(=O)c1cccc(F)c1. The van der Waals surface area contributed by atoms with Crippen LogP contribution in [0.15, 0.2) is 48.5 Å². The van der Waals surface area contributed by atoms with Gasteiger partial charge in [0, 0.05) is 5.56 Å². The minimum absolute atomic E-state index is 0.0635. The molecule has 2 amide bonds. The van der Waals surface area contributed by atoms with E-state index in [-0.39, 0.29) is 16.7 Å². The number of esters is 1. The van der Waals surface area contributed by atoms with E-state index in [2.05, 4.69) is 0 Å². The average Bonchev–Trinajstić information content (AvgIpc) is 2.85.